The van der Waals surface area contributed by atoms with Gasteiger partial charge in [0.15, 0.2) is 0 Å². The Morgan fingerprint density at radius 2 is 1.95 bits per heavy atom. The summed E-state index contributed by atoms with van der Waals surface area (Å²) in [5.74, 6) is -1.93. The van der Waals surface area contributed by atoms with Crippen molar-refractivity contribution in [1.29, 1.82) is 0 Å². The maximum atomic E-state index is 11.1. The molecule has 1 aliphatic rings. The van der Waals surface area contributed by atoms with Crippen LogP contribution in [0.15, 0.2) is 44.8 Å². The summed E-state index contributed by atoms with van der Waals surface area (Å²) in [6.07, 6.45) is 0. The zero-order valence-corrected chi connectivity index (χ0v) is 11.9. The van der Waals surface area contributed by atoms with E-state index in [1.807, 2.05) is 31.2 Å². The molecule has 2 amide bonds. The summed E-state index contributed by atoms with van der Waals surface area (Å²) in [6, 6.07) is 7.80. The first kappa shape index (κ1) is 14.1. The predicted molar refractivity (Wildman–Crippen MR) is 78.2 cm³/mol. The molecule has 0 saturated carbocycles. The van der Waals surface area contributed by atoms with Crippen molar-refractivity contribution >= 4 is 35.0 Å². The molecule has 2 rings (SSSR count). The Morgan fingerprint density at radius 1 is 1.25 bits per heavy atom. The number of nitrogens with zero attached hydrogens (tertiary/aromatic N) is 1. The van der Waals surface area contributed by atoms with Crippen molar-refractivity contribution in [2.45, 2.75) is 18.7 Å². The lowest BCUT2D eigenvalue weighted by Crippen LogP contribution is -2.43. The lowest BCUT2D eigenvalue weighted by Gasteiger charge is -2.19. The van der Waals surface area contributed by atoms with Gasteiger partial charge in [-0.05, 0) is 26.0 Å². The topological polar surface area (TPSA) is 96.6 Å². The summed E-state index contributed by atoms with van der Waals surface area (Å²) in [6.45, 7) is 3.68. The average molecular weight is 290 g/mol. The van der Waals surface area contributed by atoms with Gasteiger partial charge in [0, 0.05) is 10.6 Å². The summed E-state index contributed by atoms with van der Waals surface area (Å²) in [5.41, 5.74) is 12.2. The van der Waals surface area contributed by atoms with Crippen LogP contribution in [0, 0.1) is 0 Å². The average Bonchev–Trinajstić information content (AvgIpc) is 2.43. The highest BCUT2D eigenvalue weighted by atomic mass is 32.2. The van der Waals surface area contributed by atoms with Gasteiger partial charge in [-0.2, -0.15) is 0 Å². The van der Waals surface area contributed by atoms with Crippen LogP contribution in [0.25, 0.3) is 0 Å². The number of nitrogens with one attached hydrogen (secondary N) is 2. The fraction of sp³-hybridized carbons (Fsp3) is 0.154. The van der Waals surface area contributed by atoms with Gasteiger partial charge in [-0.1, -0.05) is 23.9 Å². The normalized spacial score (nSPS) is 15.8. The molecule has 0 fully saturated rings. The summed E-state index contributed by atoms with van der Waals surface area (Å²) in [7, 11) is 0. The number of amides is 2. The van der Waals surface area contributed by atoms with E-state index < -0.39 is 11.8 Å². The Kier molecular flexibility index (Phi) is 4.09. The number of allylic oxidation sites excluding steroid dienone is 2. The Labute approximate surface area is 120 Å². The van der Waals surface area contributed by atoms with Gasteiger partial charge in [0.2, 0.25) is 0 Å². The van der Waals surface area contributed by atoms with Crippen molar-refractivity contribution in [1.82, 2.24) is 10.9 Å². The number of rotatable bonds is 2. The molecule has 20 heavy (non-hydrogen) atoms. The second-order valence-electron chi connectivity index (χ2n) is 4.16. The van der Waals surface area contributed by atoms with Gasteiger partial charge in [0.05, 0.1) is 16.3 Å². The van der Waals surface area contributed by atoms with Gasteiger partial charge in [0.1, 0.15) is 0 Å². The van der Waals surface area contributed by atoms with E-state index in [0.717, 1.165) is 21.2 Å². The largest absolute Gasteiger partial charge is 0.361 e. The van der Waals surface area contributed by atoms with Crippen LogP contribution in [0.4, 0.5) is 5.69 Å². The number of thioether (sulfide) groups is 1. The molecule has 0 radical (unpaired) electrons. The monoisotopic (exact) mass is 290 g/mol. The minimum absolute atomic E-state index is 0.695. The summed E-state index contributed by atoms with van der Waals surface area (Å²) >= 11 is 1.55. The molecule has 0 unspecified atom stereocenters. The van der Waals surface area contributed by atoms with Crippen molar-refractivity contribution in [3.63, 3.8) is 0 Å². The van der Waals surface area contributed by atoms with Crippen molar-refractivity contribution in [3.8, 4) is 0 Å². The number of para-hydroxylation sites is 1. The first-order chi connectivity index (χ1) is 9.49. The van der Waals surface area contributed by atoms with Crippen molar-refractivity contribution in [2.75, 3.05) is 0 Å². The Bertz CT molecular complexity index is 637. The molecule has 0 aromatic heterocycles. The first-order valence-electron chi connectivity index (χ1n) is 5.88. The molecule has 1 aromatic carbocycles. The van der Waals surface area contributed by atoms with Gasteiger partial charge >= 0.3 is 11.8 Å². The summed E-state index contributed by atoms with van der Waals surface area (Å²) < 4.78 is 0. The van der Waals surface area contributed by atoms with Gasteiger partial charge in [0.25, 0.3) is 0 Å². The van der Waals surface area contributed by atoms with Crippen molar-refractivity contribution < 1.29 is 9.59 Å². The lowest BCUT2D eigenvalue weighted by atomic mass is 10.3. The maximum Gasteiger partial charge on any atom is 0.327 e. The highest BCUT2D eigenvalue weighted by Crippen LogP contribution is 2.40. The number of hydrogen-bond donors (Lipinski definition) is 3. The summed E-state index contributed by atoms with van der Waals surface area (Å²) in [5, 5.41) is 0. The number of benzene rings is 1. The number of carbonyl (C=O) groups excluding carboxylic acids is 2. The summed E-state index contributed by atoms with van der Waals surface area (Å²) in [4.78, 5) is 28.2. The molecule has 1 heterocycles. The van der Waals surface area contributed by atoms with Crippen LogP contribution in [0.2, 0.25) is 0 Å². The molecule has 1 aliphatic heterocycles. The van der Waals surface area contributed by atoms with E-state index in [0.29, 0.717) is 5.70 Å². The highest BCUT2D eigenvalue weighted by Gasteiger charge is 2.17. The van der Waals surface area contributed by atoms with E-state index in [1.54, 1.807) is 18.7 Å². The molecule has 0 atom stereocenters. The van der Waals surface area contributed by atoms with E-state index in [4.69, 9.17) is 5.73 Å². The molecule has 0 bridgehead atoms. The molecule has 104 valence electrons. The second kappa shape index (κ2) is 5.79. The zero-order valence-electron chi connectivity index (χ0n) is 11.1. The van der Waals surface area contributed by atoms with E-state index in [-0.39, 0.29) is 0 Å². The standard InChI is InChI=1S/C13H14N4O2S/c1-7-11(8(2)16-17-13(19)12(14)18)20-10-6-4-3-5-9(10)15-7/h3-6,16H,1-2H3,(H2,14,18)(H,17,19)/b11-8-. The number of primary amides is 1. The van der Waals surface area contributed by atoms with Crippen molar-refractivity contribution in [2.24, 2.45) is 10.7 Å². The number of carbonyl (C=O) groups is 2. The minimum Gasteiger partial charge on any atom is -0.361 e. The minimum atomic E-state index is -1.04. The molecule has 0 saturated heterocycles. The third kappa shape index (κ3) is 3.00. The number of nitrogens with two attached hydrogens (primary N) is 1. The van der Waals surface area contributed by atoms with E-state index in [9.17, 15) is 9.59 Å². The number of hydrogen-bond acceptors (Lipinski definition) is 5. The van der Waals surface area contributed by atoms with Gasteiger partial charge < -0.3 is 11.2 Å². The van der Waals surface area contributed by atoms with E-state index >= 15 is 0 Å². The quantitative estimate of drug-likeness (QED) is 0.563. The second-order valence-corrected chi connectivity index (χ2v) is 5.22. The molecular formula is C13H14N4O2S. The smallest absolute Gasteiger partial charge is 0.327 e. The van der Waals surface area contributed by atoms with Crippen LogP contribution >= 0.6 is 11.8 Å². The van der Waals surface area contributed by atoms with Crippen LogP contribution in [-0.4, -0.2) is 17.5 Å². The van der Waals surface area contributed by atoms with Crippen molar-refractivity contribution in [3.05, 3.63) is 34.9 Å². The van der Waals surface area contributed by atoms with Gasteiger partial charge in [-0.15, -0.1) is 0 Å². The van der Waals surface area contributed by atoms with Crippen LogP contribution < -0.4 is 16.6 Å². The van der Waals surface area contributed by atoms with E-state index in [2.05, 4.69) is 15.8 Å². The highest BCUT2D eigenvalue weighted by molar-refractivity contribution is 8.04. The molecular weight excluding hydrogens is 276 g/mol. The van der Waals surface area contributed by atoms with Gasteiger partial charge in [-0.3, -0.25) is 20.0 Å². The SMILES string of the molecule is CC1=Nc2ccccc2S/C1=C(/C)NNC(=O)C(N)=O. The maximum absolute atomic E-state index is 11.1. The Balaban J connectivity index is 2.19. The van der Waals surface area contributed by atoms with Crippen LogP contribution in [0.5, 0.6) is 0 Å². The molecule has 0 aliphatic carbocycles. The first-order valence-corrected chi connectivity index (χ1v) is 6.70. The fourth-order valence-electron chi connectivity index (χ4n) is 1.67. The van der Waals surface area contributed by atoms with Crippen LogP contribution in [0.3, 0.4) is 0 Å². The number of hydrazine groups is 1. The zero-order chi connectivity index (χ0) is 14.7. The predicted octanol–water partition coefficient (Wildman–Crippen LogP) is 1.22. The fourth-order valence-corrected chi connectivity index (χ4v) is 2.65. The third-order valence-electron chi connectivity index (χ3n) is 2.62. The Hall–Kier alpha value is -2.28. The molecule has 7 heteroatoms. The van der Waals surface area contributed by atoms with E-state index in [1.165, 1.54) is 0 Å². The number of fused-ring (bicyclic) bond motifs is 1. The van der Waals surface area contributed by atoms with Crippen LogP contribution in [0.1, 0.15) is 13.8 Å². The number of aliphatic imine (C=N–C) groups is 1. The Morgan fingerprint density at radius 3 is 2.65 bits per heavy atom. The van der Waals surface area contributed by atoms with Crippen LogP contribution in [-0.2, 0) is 9.59 Å². The molecule has 4 N–H and O–H groups in total. The molecule has 6 nitrogen and oxygen atoms in total. The third-order valence-corrected chi connectivity index (χ3v) is 3.99. The molecule has 0 spiro atoms. The lowest BCUT2D eigenvalue weighted by molar-refractivity contribution is -0.137. The molecule has 1 aromatic rings. The van der Waals surface area contributed by atoms with Gasteiger partial charge in [-0.25, -0.2) is 0 Å².